The molecule has 1 aliphatic rings. The third kappa shape index (κ3) is 2.17. The van der Waals surface area contributed by atoms with Crippen molar-refractivity contribution in [1.29, 1.82) is 5.26 Å². The first kappa shape index (κ1) is 13.4. The Balaban J connectivity index is 2.27. The summed E-state index contributed by atoms with van der Waals surface area (Å²) in [6, 6.07) is 9.54. The molecule has 1 saturated carbocycles. The molecule has 0 heterocycles. The highest BCUT2D eigenvalue weighted by molar-refractivity contribution is 6.00. The number of anilines is 1. The van der Waals surface area contributed by atoms with E-state index in [0.717, 1.165) is 0 Å². The number of carbonyl (C=O) groups is 1. The maximum Gasteiger partial charge on any atom is 0.247 e. The molecule has 0 N–H and O–H groups in total. The number of amides is 1. The van der Waals surface area contributed by atoms with Gasteiger partial charge in [0.2, 0.25) is 5.91 Å². The Labute approximate surface area is 113 Å². The quantitative estimate of drug-likeness (QED) is 0.837. The van der Waals surface area contributed by atoms with Crippen molar-refractivity contribution in [2.45, 2.75) is 19.8 Å². The normalized spacial score (nSPS) is 25.1. The van der Waals surface area contributed by atoms with E-state index in [0.29, 0.717) is 30.2 Å². The van der Waals surface area contributed by atoms with E-state index in [4.69, 9.17) is 4.74 Å². The number of hydrogen-bond donors (Lipinski definition) is 0. The molecule has 1 fully saturated rings. The van der Waals surface area contributed by atoms with E-state index in [1.807, 2.05) is 24.3 Å². The zero-order chi connectivity index (χ0) is 14.0. The van der Waals surface area contributed by atoms with Crippen molar-refractivity contribution in [3.8, 4) is 11.8 Å². The van der Waals surface area contributed by atoms with Crippen molar-refractivity contribution in [2.24, 2.45) is 11.3 Å². The molecule has 1 aromatic rings. The van der Waals surface area contributed by atoms with Crippen molar-refractivity contribution in [3.05, 3.63) is 24.3 Å². The summed E-state index contributed by atoms with van der Waals surface area (Å²) in [5.41, 5.74) is -0.154. The minimum atomic E-state index is -0.852. The van der Waals surface area contributed by atoms with Crippen LogP contribution in [0.3, 0.4) is 0 Å². The van der Waals surface area contributed by atoms with E-state index in [1.54, 1.807) is 14.2 Å². The number of carbonyl (C=O) groups excluding carboxylic acids is 1. The van der Waals surface area contributed by atoms with E-state index < -0.39 is 5.41 Å². The Morgan fingerprint density at radius 3 is 2.63 bits per heavy atom. The fourth-order valence-electron chi connectivity index (χ4n) is 2.78. The largest absolute Gasteiger partial charge is 0.495 e. The molecule has 100 valence electrons. The van der Waals surface area contributed by atoms with Crippen LogP contribution in [0.4, 0.5) is 5.69 Å². The number of ether oxygens (including phenoxy) is 1. The van der Waals surface area contributed by atoms with Crippen LogP contribution in [-0.2, 0) is 4.79 Å². The van der Waals surface area contributed by atoms with Gasteiger partial charge in [0.15, 0.2) is 0 Å². The van der Waals surface area contributed by atoms with Crippen molar-refractivity contribution in [3.63, 3.8) is 0 Å². The van der Waals surface area contributed by atoms with Gasteiger partial charge < -0.3 is 9.64 Å². The van der Waals surface area contributed by atoms with E-state index in [9.17, 15) is 10.1 Å². The van der Waals surface area contributed by atoms with E-state index >= 15 is 0 Å². The maximum absolute atomic E-state index is 12.5. The Bertz CT molecular complexity index is 527. The molecule has 4 heteroatoms. The first-order valence-electron chi connectivity index (χ1n) is 6.36. The molecule has 0 aromatic heterocycles. The molecule has 4 nitrogen and oxygen atoms in total. The number of nitrogens with zero attached hydrogens (tertiary/aromatic N) is 2. The predicted octanol–water partition coefficient (Wildman–Crippen LogP) is 2.60. The Morgan fingerprint density at radius 1 is 1.47 bits per heavy atom. The van der Waals surface area contributed by atoms with Gasteiger partial charge in [-0.3, -0.25) is 4.79 Å². The Kier molecular flexibility index (Phi) is 3.48. The van der Waals surface area contributed by atoms with Gasteiger partial charge in [0, 0.05) is 7.05 Å². The highest BCUT2D eigenvalue weighted by atomic mass is 16.5. The van der Waals surface area contributed by atoms with Crippen molar-refractivity contribution < 1.29 is 9.53 Å². The highest BCUT2D eigenvalue weighted by Gasteiger charge is 2.50. The lowest BCUT2D eigenvalue weighted by atomic mass is 9.63. The minimum Gasteiger partial charge on any atom is -0.495 e. The molecule has 0 spiro atoms. The molecule has 0 radical (unpaired) electrons. The van der Waals surface area contributed by atoms with Crippen molar-refractivity contribution in [2.75, 3.05) is 19.1 Å². The van der Waals surface area contributed by atoms with Gasteiger partial charge >= 0.3 is 0 Å². The number of rotatable bonds is 3. The summed E-state index contributed by atoms with van der Waals surface area (Å²) in [5.74, 6) is 0.936. The summed E-state index contributed by atoms with van der Waals surface area (Å²) >= 11 is 0. The van der Waals surface area contributed by atoms with Gasteiger partial charge in [-0.1, -0.05) is 19.1 Å². The number of benzene rings is 1. The molecule has 2 rings (SSSR count). The van der Waals surface area contributed by atoms with Crippen LogP contribution in [0.1, 0.15) is 19.8 Å². The fourth-order valence-corrected chi connectivity index (χ4v) is 2.78. The van der Waals surface area contributed by atoms with Crippen LogP contribution in [0.25, 0.3) is 0 Å². The van der Waals surface area contributed by atoms with Crippen LogP contribution in [0, 0.1) is 22.7 Å². The lowest BCUT2D eigenvalue weighted by Crippen LogP contribution is -2.49. The van der Waals surface area contributed by atoms with Gasteiger partial charge in [-0.05, 0) is 30.9 Å². The molecule has 0 saturated heterocycles. The molecule has 1 aliphatic carbocycles. The molecule has 0 unspecified atom stereocenters. The topological polar surface area (TPSA) is 53.3 Å². The van der Waals surface area contributed by atoms with Crippen LogP contribution in [0.5, 0.6) is 5.75 Å². The Morgan fingerprint density at radius 2 is 2.11 bits per heavy atom. The number of nitriles is 1. The second kappa shape index (κ2) is 4.93. The summed E-state index contributed by atoms with van der Waals surface area (Å²) in [6.45, 7) is 2.06. The van der Waals surface area contributed by atoms with Crippen LogP contribution in [0.2, 0.25) is 0 Å². The van der Waals surface area contributed by atoms with Gasteiger partial charge in [0.05, 0.1) is 18.9 Å². The van der Waals surface area contributed by atoms with Crippen molar-refractivity contribution >= 4 is 11.6 Å². The minimum absolute atomic E-state index is 0.141. The number of para-hydroxylation sites is 2. The van der Waals surface area contributed by atoms with E-state index in [1.165, 1.54) is 4.90 Å². The molecule has 19 heavy (non-hydrogen) atoms. The standard InChI is InChI=1S/C15H18N2O2/c1-11-8-15(9-11,10-16)14(18)17(2)12-6-4-5-7-13(12)19-3/h4-7,11H,8-9H2,1-3H3. The average Bonchev–Trinajstić information content (AvgIpc) is 2.42. The molecule has 0 bridgehead atoms. The van der Waals surface area contributed by atoms with Crippen LogP contribution in [0.15, 0.2) is 24.3 Å². The summed E-state index contributed by atoms with van der Waals surface area (Å²) in [6.07, 6.45) is 1.28. The second-order valence-corrected chi connectivity index (χ2v) is 5.24. The SMILES string of the molecule is COc1ccccc1N(C)C(=O)C1(C#N)CC(C)C1. The second-order valence-electron chi connectivity index (χ2n) is 5.24. The summed E-state index contributed by atoms with van der Waals surface area (Å²) in [4.78, 5) is 14.1. The highest BCUT2D eigenvalue weighted by Crippen LogP contribution is 2.47. The molecule has 1 aromatic carbocycles. The lowest BCUT2D eigenvalue weighted by molar-refractivity contribution is -0.130. The van der Waals surface area contributed by atoms with Crippen molar-refractivity contribution in [1.82, 2.24) is 0 Å². The van der Waals surface area contributed by atoms with Gasteiger partial charge in [0.1, 0.15) is 11.2 Å². The smallest absolute Gasteiger partial charge is 0.247 e. The fraction of sp³-hybridized carbons (Fsp3) is 0.467. The van der Waals surface area contributed by atoms with Gasteiger partial charge in [-0.15, -0.1) is 0 Å². The third-order valence-electron chi connectivity index (χ3n) is 3.77. The molecule has 0 atom stereocenters. The third-order valence-corrected chi connectivity index (χ3v) is 3.77. The van der Waals surface area contributed by atoms with Crippen LogP contribution < -0.4 is 9.64 Å². The van der Waals surface area contributed by atoms with Gasteiger partial charge in [-0.2, -0.15) is 5.26 Å². The van der Waals surface area contributed by atoms with Crippen LogP contribution >= 0.6 is 0 Å². The van der Waals surface area contributed by atoms with Crippen LogP contribution in [-0.4, -0.2) is 20.1 Å². The molecule has 0 aliphatic heterocycles. The average molecular weight is 258 g/mol. The molecular weight excluding hydrogens is 240 g/mol. The Hall–Kier alpha value is -2.02. The first-order valence-corrected chi connectivity index (χ1v) is 6.36. The summed E-state index contributed by atoms with van der Waals surface area (Å²) < 4.78 is 5.26. The number of methoxy groups -OCH3 is 1. The first-order chi connectivity index (χ1) is 9.04. The van der Waals surface area contributed by atoms with Gasteiger partial charge in [-0.25, -0.2) is 0 Å². The van der Waals surface area contributed by atoms with E-state index in [2.05, 4.69) is 13.0 Å². The predicted molar refractivity (Wildman–Crippen MR) is 72.8 cm³/mol. The maximum atomic E-state index is 12.5. The van der Waals surface area contributed by atoms with Gasteiger partial charge in [0.25, 0.3) is 0 Å². The zero-order valence-electron chi connectivity index (χ0n) is 11.5. The molecule has 1 amide bonds. The monoisotopic (exact) mass is 258 g/mol. The summed E-state index contributed by atoms with van der Waals surface area (Å²) in [5, 5.41) is 9.32. The summed E-state index contributed by atoms with van der Waals surface area (Å²) in [7, 11) is 3.27. The molecular formula is C15H18N2O2. The lowest BCUT2D eigenvalue weighted by Gasteiger charge is -2.41. The zero-order valence-corrected chi connectivity index (χ0v) is 11.5. The van der Waals surface area contributed by atoms with E-state index in [-0.39, 0.29) is 5.91 Å². The number of hydrogen-bond acceptors (Lipinski definition) is 3.